The van der Waals surface area contributed by atoms with Gasteiger partial charge in [0, 0.05) is 7.11 Å². The molecule has 1 N–H and O–H groups in total. The number of methoxy groups -OCH3 is 1. The highest BCUT2D eigenvalue weighted by molar-refractivity contribution is 6.32. The van der Waals surface area contributed by atoms with Crippen LogP contribution >= 0.6 is 11.6 Å². The number of nitrogens with one attached hydrogen (secondary N) is 1. The smallest absolute Gasteiger partial charge is 0.0862 e. The second kappa shape index (κ2) is 9.13. The van der Waals surface area contributed by atoms with Crippen molar-refractivity contribution < 1.29 is 4.74 Å². The fraction of sp³-hybridized carbons (Fsp3) is 0.643. The summed E-state index contributed by atoms with van der Waals surface area (Å²) in [7, 11) is 1.69. The monoisotopic (exact) mass is 285 g/mol. The van der Waals surface area contributed by atoms with Crippen LogP contribution in [0.15, 0.2) is 12.3 Å². The second-order valence-corrected chi connectivity index (χ2v) is 4.89. The molecule has 1 heterocycles. The van der Waals surface area contributed by atoms with E-state index in [9.17, 15) is 0 Å². The molecule has 0 aromatic carbocycles. The zero-order valence-electron chi connectivity index (χ0n) is 12.1. The molecule has 0 unspecified atom stereocenters. The highest BCUT2D eigenvalue weighted by Gasteiger charge is 2.10. The highest BCUT2D eigenvalue weighted by atomic mass is 35.5. The third-order valence-electron chi connectivity index (χ3n) is 2.87. The first-order valence-electron chi connectivity index (χ1n) is 6.78. The van der Waals surface area contributed by atoms with E-state index in [2.05, 4.69) is 30.3 Å². The van der Waals surface area contributed by atoms with Crippen LogP contribution in [0.5, 0.6) is 0 Å². The Morgan fingerprint density at radius 3 is 3.00 bits per heavy atom. The molecule has 0 saturated heterocycles. The van der Waals surface area contributed by atoms with Crippen molar-refractivity contribution in [2.45, 2.75) is 33.2 Å². The number of ether oxygens (including phenoxy) is 1. The molecule has 0 aliphatic carbocycles. The molecule has 0 amide bonds. The molecule has 4 nitrogen and oxygen atoms in total. The summed E-state index contributed by atoms with van der Waals surface area (Å²) in [6, 6.07) is 0. The Balaban J connectivity index is 2.61. The molecule has 1 aromatic rings. The summed E-state index contributed by atoms with van der Waals surface area (Å²) < 4.78 is 6.98. The molecule has 5 heteroatoms. The Labute approximate surface area is 120 Å². The molecule has 0 atom stereocenters. The molecular formula is C14H24ClN3O. The molecule has 108 valence electrons. The molecule has 0 radical (unpaired) electrons. The maximum atomic E-state index is 6.20. The van der Waals surface area contributed by atoms with Crippen LogP contribution in [0.25, 0.3) is 5.57 Å². The third kappa shape index (κ3) is 5.35. The largest absolute Gasteiger partial charge is 0.383 e. The molecular weight excluding hydrogens is 262 g/mol. The van der Waals surface area contributed by atoms with Crippen LogP contribution in [0.4, 0.5) is 0 Å². The van der Waals surface area contributed by atoms with Crippen molar-refractivity contribution in [2.75, 3.05) is 26.8 Å². The van der Waals surface area contributed by atoms with Crippen molar-refractivity contribution in [3.63, 3.8) is 0 Å². The van der Waals surface area contributed by atoms with E-state index in [1.807, 2.05) is 4.68 Å². The standard InChI is InChI=1S/C14H24ClN3O/c1-4-7-16-8-5-6-12(2)14-13(15)11-17-18(14)9-10-19-3/h6,11,16H,4-5,7-10H2,1-3H3/b12-6-. The first-order valence-corrected chi connectivity index (χ1v) is 7.16. The van der Waals surface area contributed by atoms with Gasteiger partial charge in [-0.15, -0.1) is 0 Å². The van der Waals surface area contributed by atoms with E-state index in [0.29, 0.717) is 11.6 Å². The summed E-state index contributed by atoms with van der Waals surface area (Å²) in [5.74, 6) is 0. The van der Waals surface area contributed by atoms with Gasteiger partial charge in [-0.2, -0.15) is 5.10 Å². The average molecular weight is 286 g/mol. The Kier molecular flexibility index (Phi) is 7.79. The van der Waals surface area contributed by atoms with Crippen LogP contribution in [0, 0.1) is 0 Å². The minimum Gasteiger partial charge on any atom is -0.383 e. The summed E-state index contributed by atoms with van der Waals surface area (Å²) >= 11 is 6.20. The molecule has 0 aliphatic heterocycles. The first kappa shape index (κ1) is 16.2. The number of aromatic nitrogens is 2. The predicted molar refractivity (Wildman–Crippen MR) is 80.5 cm³/mol. The second-order valence-electron chi connectivity index (χ2n) is 4.48. The average Bonchev–Trinajstić information content (AvgIpc) is 2.77. The Morgan fingerprint density at radius 1 is 1.53 bits per heavy atom. The van der Waals surface area contributed by atoms with E-state index in [1.54, 1.807) is 13.3 Å². The lowest BCUT2D eigenvalue weighted by Crippen LogP contribution is -2.15. The first-order chi connectivity index (χ1) is 9.20. The fourth-order valence-corrected chi connectivity index (χ4v) is 2.18. The van der Waals surface area contributed by atoms with Gasteiger partial charge >= 0.3 is 0 Å². The van der Waals surface area contributed by atoms with E-state index < -0.39 is 0 Å². The number of hydrogen-bond donors (Lipinski definition) is 1. The zero-order chi connectivity index (χ0) is 14.1. The molecule has 0 fully saturated rings. The van der Waals surface area contributed by atoms with E-state index in [-0.39, 0.29) is 0 Å². The maximum Gasteiger partial charge on any atom is 0.0862 e. The molecule has 0 aliphatic rings. The van der Waals surface area contributed by atoms with Crippen molar-refractivity contribution in [1.29, 1.82) is 0 Å². The Morgan fingerprint density at radius 2 is 2.32 bits per heavy atom. The summed E-state index contributed by atoms with van der Waals surface area (Å²) in [4.78, 5) is 0. The highest BCUT2D eigenvalue weighted by Crippen LogP contribution is 2.23. The van der Waals surface area contributed by atoms with Crippen molar-refractivity contribution in [3.05, 3.63) is 23.0 Å². The van der Waals surface area contributed by atoms with Crippen LogP contribution in [-0.4, -0.2) is 36.6 Å². The normalized spacial score (nSPS) is 12.1. The molecule has 0 spiro atoms. The van der Waals surface area contributed by atoms with Gasteiger partial charge in [-0.25, -0.2) is 0 Å². The van der Waals surface area contributed by atoms with Gasteiger partial charge in [0.05, 0.1) is 30.1 Å². The zero-order valence-corrected chi connectivity index (χ0v) is 12.8. The number of rotatable bonds is 9. The van der Waals surface area contributed by atoms with E-state index in [4.69, 9.17) is 16.3 Å². The predicted octanol–water partition coefficient (Wildman–Crippen LogP) is 2.98. The Bertz CT molecular complexity index is 401. The number of hydrogen-bond acceptors (Lipinski definition) is 3. The SMILES string of the molecule is CCCNCC/C=C(/C)c1c(Cl)cnn1CCOC. The van der Waals surface area contributed by atoms with Gasteiger partial charge in [0.25, 0.3) is 0 Å². The lowest BCUT2D eigenvalue weighted by molar-refractivity contribution is 0.183. The summed E-state index contributed by atoms with van der Waals surface area (Å²) in [5.41, 5.74) is 2.16. The molecule has 0 saturated carbocycles. The summed E-state index contributed by atoms with van der Waals surface area (Å²) in [5, 5.41) is 8.36. The van der Waals surface area contributed by atoms with E-state index in [0.717, 1.165) is 43.7 Å². The number of nitrogens with zero attached hydrogens (tertiary/aromatic N) is 2. The van der Waals surface area contributed by atoms with Gasteiger partial charge in [-0.3, -0.25) is 4.68 Å². The van der Waals surface area contributed by atoms with Crippen molar-refractivity contribution in [3.8, 4) is 0 Å². The fourth-order valence-electron chi connectivity index (χ4n) is 1.89. The lowest BCUT2D eigenvalue weighted by atomic mass is 10.2. The maximum absolute atomic E-state index is 6.20. The van der Waals surface area contributed by atoms with Crippen molar-refractivity contribution in [2.24, 2.45) is 0 Å². The summed E-state index contributed by atoms with van der Waals surface area (Å²) in [6.45, 7) is 7.66. The van der Waals surface area contributed by atoms with Gasteiger partial charge < -0.3 is 10.1 Å². The molecule has 0 bridgehead atoms. The van der Waals surface area contributed by atoms with Gasteiger partial charge in [0.2, 0.25) is 0 Å². The van der Waals surface area contributed by atoms with Crippen LogP contribution in [0.1, 0.15) is 32.4 Å². The van der Waals surface area contributed by atoms with Gasteiger partial charge in [0.15, 0.2) is 0 Å². The van der Waals surface area contributed by atoms with E-state index in [1.165, 1.54) is 0 Å². The molecule has 1 rings (SSSR count). The third-order valence-corrected chi connectivity index (χ3v) is 3.15. The Hall–Kier alpha value is -0.840. The molecule has 19 heavy (non-hydrogen) atoms. The minimum atomic E-state index is 0.635. The van der Waals surface area contributed by atoms with Crippen molar-refractivity contribution >= 4 is 17.2 Å². The number of halogens is 1. The lowest BCUT2D eigenvalue weighted by Gasteiger charge is -2.08. The summed E-state index contributed by atoms with van der Waals surface area (Å²) in [6.07, 6.45) is 6.06. The van der Waals surface area contributed by atoms with Gasteiger partial charge in [-0.05, 0) is 38.4 Å². The van der Waals surface area contributed by atoms with Gasteiger partial charge in [0.1, 0.15) is 0 Å². The quantitative estimate of drug-likeness (QED) is 0.709. The van der Waals surface area contributed by atoms with Crippen LogP contribution in [-0.2, 0) is 11.3 Å². The van der Waals surface area contributed by atoms with Crippen LogP contribution in [0.3, 0.4) is 0 Å². The molecule has 1 aromatic heterocycles. The van der Waals surface area contributed by atoms with E-state index >= 15 is 0 Å². The van der Waals surface area contributed by atoms with Crippen LogP contribution < -0.4 is 5.32 Å². The van der Waals surface area contributed by atoms with Gasteiger partial charge in [-0.1, -0.05) is 24.6 Å². The minimum absolute atomic E-state index is 0.635. The van der Waals surface area contributed by atoms with Crippen molar-refractivity contribution in [1.82, 2.24) is 15.1 Å². The number of allylic oxidation sites excluding steroid dienone is 1. The topological polar surface area (TPSA) is 39.1 Å². The van der Waals surface area contributed by atoms with Crippen LogP contribution in [0.2, 0.25) is 5.02 Å².